The lowest BCUT2D eigenvalue weighted by molar-refractivity contribution is -0.904. The molecule has 0 radical (unpaired) electrons. The van der Waals surface area contributed by atoms with Crippen LogP contribution in [0, 0.1) is 0 Å². The van der Waals surface area contributed by atoms with Gasteiger partial charge in [0, 0.05) is 13.0 Å². The number of benzene rings is 1. The summed E-state index contributed by atoms with van der Waals surface area (Å²) in [4.78, 5) is 1.89. The van der Waals surface area contributed by atoms with Gasteiger partial charge in [0.05, 0.1) is 31.6 Å². The standard InChI is InChI=1S/C15H24N2O3S/c1-20-14-6-8-15(9-7-14)21(18,19)16-10-5-13-17-11-3-2-4-12-17/h6-9,16H,2-5,10-13H2,1H3/p+1. The van der Waals surface area contributed by atoms with Crippen LogP contribution < -0.4 is 14.4 Å². The summed E-state index contributed by atoms with van der Waals surface area (Å²) < 4.78 is 31.9. The average Bonchev–Trinajstić information content (AvgIpc) is 2.53. The first-order valence-electron chi connectivity index (χ1n) is 7.59. The number of methoxy groups -OCH3 is 1. The van der Waals surface area contributed by atoms with Crippen molar-refractivity contribution in [3.8, 4) is 5.75 Å². The molecule has 2 rings (SSSR count). The Morgan fingerprint density at radius 1 is 1.14 bits per heavy atom. The minimum atomic E-state index is -3.40. The molecule has 0 bridgehead atoms. The second kappa shape index (κ2) is 7.77. The Hall–Kier alpha value is -1.11. The number of hydrogen-bond acceptors (Lipinski definition) is 3. The third-order valence-electron chi connectivity index (χ3n) is 3.93. The molecule has 1 aliphatic heterocycles. The second-order valence-corrected chi connectivity index (χ2v) is 7.25. The summed E-state index contributed by atoms with van der Waals surface area (Å²) in [6.45, 7) is 4.00. The Balaban J connectivity index is 1.77. The molecule has 1 fully saturated rings. The topological polar surface area (TPSA) is 59.8 Å². The summed E-state index contributed by atoms with van der Waals surface area (Å²) in [5.74, 6) is 0.655. The quantitative estimate of drug-likeness (QED) is 0.718. The van der Waals surface area contributed by atoms with E-state index in [0.29, 0.717) is 12.3 Å². The van der Waals surface area contributed by atoms with E-state index in [1.165, 1.54) is 32.4 Å². The van der Waals surface area contributed by atoms with Crippen LogP contribution in [-0.2, 0) is 10.0 Å². The van der Waals surface area contributed by atoms with Gasteiger partial charge in [-0.15, -0.1) is 0 Å². The van der Waals surface area contributed by atoms with Gasteiger partial charge in [0.15, 0.2) is 0 Å². The Morgan fingerprint density at radius 3 is 2.43 bits per heavy atom. The highest BCUT2D eigenvalue weighted by molar-refractivity contribution is 7.89. The van der Waals surface area contributed by atoms with Crippen LogP contribution in [0.1, 0.15) is 25.7 Å². The number of ether oxygens (including phenoxy) is 1. The zero-order valence-corrected chi connectivity index (χ0v) is 13.4. The first-order chi connectivity index (χ1) is 10.1. The van der Waals surface area contributed by atoms with Gasteiger partial charge in [-0.1, -0.05) is 0 Å². The minimum Gasteiger partial charge on any atom is -0.497 e. The number of piperidine rings is 1. The van der Waals surface area contributed by atoms with E-state index in [-0.39, 0.29) is 4.90 Å². The van der Waals surface area contributed by atoms with Crippen LogP contribution in [-0.4, -0.2) is 41.7 Å². The van der Waals surface area contributed by atoms with E-state index in [1.807, 2.05) is 0 Å². The molecule has 21 heavy (non-hydrogen) atoms. The van der Waals surface area contributed by atoms with Gasteiger partial charge >= 0.3 is 0 Å². The summed E-state index contributed by atoms with van der Waals surface area (Å²) in [7, 11) is -1.84. The second-order valence-electron chi connectivity index (χ2n) is 5.49. The summed E-state index contributed by atoms with van der Waals surface area (Å²) in [6.07, 6.45) is 4.82. The maximum atomic E-state index is 12.1. The van der Waals surface area contributed by atoms with Crippen LogP contribution in [0.25, 0.3) is 0 Å². The van der Waals surface area contributed by atoms with Gasteiger partial charge in [-0.25, -0.2) is 13.1 Å². The van der Waals surface area contributed by atoms with Crippen molar-refractivity contribution in [3.05, 3.63) is 24.3 Å². The molecule has 6 heteroatoms. The monoisotopic (exact) mass is 313 g/mol. The highest BCUT2D eigenvalue weighted by Gasteiger charge is 2.15. The Bertz CT molecular complexity index is 522. The maximum absolute atomic E-state index is 12.1. The van der Waals surface area contributed by atoms with Crippen molar-refractivity contribution in [2.75, 3.05) is 33.3 Å². The molecule has 1 aliphatic rings. The van der Waals surface area contributed by atoms with Crippen molar-refractivity contribution < 1.29 is 18.1 Å². The van der Waals surface area contributed by atoms with Crippen molar-refractivity contribution in [1.82, 2.24) is 4.72 Å². The highest BCUT2D eigenvalue weighted by Crippen LogP contribution is 2.15. The van der Waals surface area contributed by atoms with Crippen LogP contribution in [0.5, 0.6) is 5.75 Å². The van der Waals surface area contributed by atoms with Crippen LogP contribution >= 0.6 is 0 Å². The van der Waals surface area contributed by atoms with Gasteiger partial charge < -0.3 is 9.64 Å². The third kappa shape index (κ3) is 4.98. The molecule has 1 heterocycles. The SMILES string of the molecule is COc1ccc(S(=O)(=O)NCCC[NH+]2CCCCC2)cc1. The Morgan fingerprint density at radius 2 is 1.81 bits per heavy atom. The molecule has 5 nitrogen and oxygen atoms in total. The van der Waals surface area contributed by atoms with Crippen LogP contribution in [0.2, 0.25) is 0 Å². The Labute approximate surface area is 127 Å². The predicted octanol–water partition coefficient (Wildman–Crippen LogP) is 0.432. The van der Waals surface area contributed by atoms with Gasteiger partial charge in [0.2, 0.25) is 10.0 Å². The molecule has 118 valence electrons. The van der Waals surface area contributed by atoms with Crippen molar-refractivity contribution >= 4 is 10.0 Å². The molecule has 0 atom stereocenters. The van der Waals surface area contributed by atoms with E-state index in [2.05, 4.69) is 4.72 Å². The Kier molecular flexibility index (Phi) is 6.02. The van der Waals surface area contributed by atoms with Crippen molar-refractivity contribution in [1.29, 1.82) is 0 Å². The zero-order valence-electron chi connectivity index (χ0n) is 12.6. The first kappa shape index (κ1) is 16.3. The minimum absolute atomic E-state index is 0.286. The van der Waals surface area contributed by atoms with E-state index in [0.717, 1.165) is 13.0 Å². The van der Waals surface area contributed by atoms with Crippen LogP contribution in [0.15, 0.2) is 29.2 Å². The molecule has 0 aromatic heterocycles. The smallest absolute Gasteiger partial charge is 0.240 e. The summed E-state index contributed by atoms with van der Waals surface area (Å²) >= 11 is 0. The van der Waals surface area contributed by atoms with Crippen LogP contribution in [0.4, 0.5) is 0 Å². The molecule has 1 aromatic carbocycles. The summed E-state index contributed by atoms with van der Waals surface area (Å²) in [5.41, 5.74) is 0. The fraction of sp³-hybridized carbons (Fsp3) is 0.600. The molecule has 0 unspecified atom stereocenters. The molecular formula is C15H25N2O3S+. The van der Waals surface area contributed by atoms with Crippen LogP contribution in [0.3, 0.4) is 0 Å². The molecule has 1 saturated heterocycles. The lowest BCUT2D eigenvalue weighted by atomic mass is 10.1. The number of quaternary nitrogens is 1. The van der Waals surface area contributed by atoms with Gasteiger partial charge in [0.1, 0.15) is 5.75 Å². The lowest BCUT2D eigenvalue weighted by Gasteiger charge is -2.23. The largest absolute Gasteiger partial charge is 0.497 e. The molecule has 1 aromatic rings. The normalized spacial score (nSPS) is 16.8. The van der Waals surface area contributed by atoms with E-state index in [1.54, 1.807) is 36.3 Å². The molecule has 0 aliphatic carbocycles. The number of rotatable bonds is 7. The highest BCUT2D eigenvalue weighted by atomic mass is 32.2. The van der Waals surface area contributed by atoms with Crippen molar-refractivity contribution in [3.63, 3.8) is 0 Å². The number of likely N-dealkylation sites (tertiary alicyclic amines) is 1. The molecular weight excluding hydrogens is 288 g/mol. The number of nitrogens with one attached hydrogen (secondary N) is 2. The van der Waals surface area contributed by atoms with E-state index < -0.39 is 10.0 Å². The number of hydrogen-bond donors (Lipinski definition) is 2. The maximum Gasteiger partial charge on any atom is 0.240 e. The molecule has 0 saturated carbocycles. The van der Waals surface area contributed by atoms with E-state index in [4.69, 9.17) is 4.74 Å². The molecule has 2 N–H and O–H groups in total. The van der Waals surface area contributed by atoms with Gasteiger partial charge in [-0.05, 0) is 43.5 Å². The van der Waals surface area contributed by atoms with Crippen molar-refractivity contribution in [2.45, 2.75) is 30.6 Å². The third-order valence-corrected chi connectivity index (χ3v) is 5.41. The first-order valence-corrected chi connectivity index (χ1v) is 9.07. The predicted molar refractivity (Wildman–Crippen MR) is 82.2 cm³/mol. The fourth-order valence-electron chi connectivity index (χ4n) is 2.68. The number of sulfonamides is 1. The van der Waals surface area contributed by atoms with Gasteiger partial charge in [-0.3, -0.25) is 0 Å². The molecule has 0 spiro atoms. The van der Waals surface area contributed by atoms with E-state index >= 15 is 0 Å². The average molecular weight is 313 g/mol. The van der Waals surface area contributed by atoms with Crippen molar-refractivity contribution in [2.24, 2.45) is 0 Å². The lowest BCUT2D eigenvalue weighted by Crippen LogP contribution is -3.12. The van der Waals surface area contributed by atoms with Gasteiger partial charge in [0.25, 0.3) is 0 Å². The summed E-state index contributed by atoms with van der Waals surface area (Å²) in [5, 5.41) is 0. The zero-order chi connectivity index (χ0) is 15.1. The van der Waals surface area contributed by atoms with Gasteiger partial charge in [-0.2, -0.15) is 0 Å². The molecule has 0 amide bonds. The van der Waals surface area contributed by atoms with E-state index in [9.17, 15) is 8.42 Å². The fourth-order valence-corrected chi connectivity index (χ4v) is 3.76. The summed E-state index contributed by atoms with van der Waals surface area (Å²) in [6, 6.07) is 6.45.